The average molecular weight is 652 g/mol. The largest absolute Gasteiger partial charge is 0.458 e. The fourth-order valence-corrected chi connectivity index (χ4v) is 5.09. The van der Waals surface area contributed by atoms with E-state index in [1.54, 1.807) is 46.4 Å². The molecule has 9 nitrogen and oxygen atoms in total. The molecular formula is C38H57N3O6. The number of rotatable bonds is 13. The van der Waals surface area contributed by atoms with Crippen molar-refractivity contribution in [1.82, 2.24) is 15.5 Å². The zero-order chi connectivity index (χ0) is 35.7. The first-order chi connectivity index (χ1) is 21.6. The Morgan fingerprint density at radius 3 is 1.81 bits per heavy atom. The molecule has 0 fully saturated rings. The molecule has 3 amide bonds. The molecular weight excluding hydrogens is 594 g/mol. The summed E-state index contributed by atoms with van der Waals surface area (Å²) in [6.45, 7) is 22.2. The molecule has 3 atom stereocenters. The van der Waals surface area contributed by atoms with Gasteiger partial charge in [0, 0.05) is 12.0 Å². The summed E-state index contributed by atoms with van der Waals surface area (Å²) in [5, 5.41) is 5.76. The van der Waals surface area contributed by atoms with Crippen LogP contribution in [0.5, 0.6) is 0 Å². The van der Waals surface area contributed by atoms with Crippen molar-refractivity contribution in [2.45, 2.75) is 137 Å². The number of nitrogens with zero attached hydrogens (tertiary/aromatic N) is 1. The van der Waals surface area contributed by atoms with Gasteiger partial charge in [-0.2, -0.15) is 0 Å². The number of alkyl carbamates (subject to hydrolysis) is 1. The molecule has 3 unspecified atom stereocenters. The Labute approximate surface area is 282 Å². The summed E-state index contributed by atoms with van der Waals surface area (Å²) in [6, 6.07) is 13.7. The van der Waals surface area contributed by atoms with Gasteiger partial charge in [0.2, 0.25) is 11.8 Å². The lowest BCUT2D eigenvalue weighted by atomic mass is 9.90. The molecule has 0 aromatic heterocycles. The normalized spacial score (nSPS) is 14.1. The molecule has 0 saturated carbocycles. The van der Waals surface area contributed by atoms with Crippen molar-refractivity contribution in [3.63, 3.8) is 0 Å². The van der Waals surface area contributed by atoms with Crippen LogP contribution in [-0.4, -0.2) is 57.6 Å². The van der Waals surface area contributed by atoms with Crippen molar-refractivity contribution in [3.05, 3.63) is 71.3 Å². The summed E-state index contributed by atoms with van der Waals surface area (Å²) < 4.78 is 11.3. The van der Waals surface area contributed by atoms with Crippen LogP contribution in [0, 0.1) is 12.8 Å². The van der Waals surface area contributed by atoms with Gasteiger partial charge in [0.15, 0.2) is 0 Å². The summed E-state index contributed by atoms with van der Waals surface area (Å²) in [5.74, 6) is -1.49. The van der Waals surface area contributed by atoms with Gasteiger partial charge in [0.05, 0.1) is 0 Å². The second kappa shape index (κ2) is 16.3. The van der Waals surface area contributed by atoms with Crippen molar-refractivity contribution in [2.75, 3.05) is 0 Å². The molecule has 0 aliphatic carbocycles. The monoisotopic (exact) mass is 651 g/mol. The van der Waals surface area contributed by atoms with E-state index in [0.717, 1.165) is 11.1 Å². The van der Waals surface area contributed by atoms with Gasteiger partial charge in [-0.3, -0.25) is 9.59 Å². The van der Waals surface area contributed by atoms with Crippen LogP contribution < -0.4 is 10.6 Å². The van der Waals surface area contributed by atoms with E-state index in [9.17, 15) is 19.2 Å². The second-order valence-electron chi connectivity index (χ2n) is 15.3. The van der Waals surface area contributed by atoms with Crippen molar-refractivity contribution in [2.24, 2.45) is 5.92 Å². The van der Waals surface area contributed by atoms with E-state index in [-0.39, 0.29) is 12.3 Å². The molecule has 0 heterocycles. The number of hydrogen-bond acceptors (Lipinski definition) is 6. The van der Waals surface area contributed by atoms with E-state index in [4.69, 9.17) is 9.47 Å². The Hall–Kier alpha value is -3.88. The van der Waals surface area contributed by atoms with E-state index >= 15 is 0 Å². The highest BCUT2D eigenvalue weighted by molar-refractivity contribution is 5.94. The maximum atomic E-state index is 14.8. The first-order valence-corrected chi connectivity index (χ1v) is 16.6. The van der Waals surface area contributed by atoms with Crippen molar-refractivity contribution in [3.8, 4) is 0 Å². The molecule has 0 radical (unpaired) electrons. The Morgan fingerprint density at radius 1 is 0.766 bits per heavy atom. The van der Waals surface area contributed by atoms with Gasteiger partial charge in [-0.05, 0) is 92.2 Å². The SMILES string of the molecule is CCC(C)(C)N(C(=O)C(CC(C)C)NC(=O)OC(C)(C)C)C(C(=O)NC(Cc1ccccc1)C(=O)OC(C)(C)C)c1ccc(C)cc1. The highest BCUT2D eigenvalue weighted by Crippen LogP contribution is 2.33. The zero-order valence-electron chi connectivity index (χ0n) is 30.5. The molecule has 0 bridgehead atoms. The van der Waals surface area contributed by atoms with Gasteiger partial charge in [-0.15, -0.1) is 0 Å². The minimum Gasteiger partial charge on any atom is -0.458 e. The predicted molar refractivity (Wildman–Crippen MR) is 186 cm³/mol. The maximum Gasteiger partial charge on any atom is 0.408 e. The Balaban J connectivity index is 2.69. The highest BCUT2D eigenvalue weighted by atomic mass is 16.6. The number of aryl methyl sites for hydroxylation is 1. The van der Waals surface area contributed by atoms with E-state index in [0.29, 0.717) is 18.4 Å². The van der Waals surface area contributed by atoms with E-state index < -0.39 is 58.7 Å². The predicted octanol–water partition coefficient (Wildman–Crippen LogP) is 7.06. The molecule has 0 aliphatic rings. The number of benzene rings is 2. The molecule has 260 valence electrons. The Kier molecular flexibility index (Phi) is 13.6. The summed E-state index contributed by atoms with van der Waals surface area (Å²) >= 11 is 0. The van der Waals surface area contributed by atoms with Gasteiger partial charge < -0.3 is 25.0 Å². The molecule has 2 N–H and O–H groups in total. The number of amides is 3. The first kappa shape index (κ1) is 39.3. The third-order valence-corrected chi connectivity index (χ3v) is 7.64. The average Bonchev–Trinajstić information content (AvgIpc) is 2.93. The van der Waals surface area contributed by atoms with Crippen molar-refractivity contribution < 1.29 is 28.7 Å². The fourth-order valence-electron chi connectivity index (χ4n) is 5.09. The van der Waals surface area contributed by atoms with Crippen molar-refractivity contribution in [1.29, 1.82) is 0 Å². The summed E-state index contributed by atoms with van der Waals surface area (Å²) in [5.41, 5.74) is 0.0203. The van der Waals surface area contributed by atoms with Crippen LogP contribution in [0.25, 0.3) is 0 Å². The van der Waals surface area contributed by atoms with Gasteiger partial charge in [-0.1, -0.05) is 80.9 Å². The molecule has 0 aliphatic heterocycles. The molecule has 0 spiro atoms. The molecule has 2 aromatic rings. The van der Waals surface area contributed by atoms with Crippen LogP contribution in [0.3, 0.4) is 0 Å². The number of esters is 1. The lowest BCUT2D eigenvalue weighted by Gasteiger charge is -2.45. The summed E-state index contributed by atoms with van der Waals surface area (Å²) in [6.07, 6.45) is 0.318. The molecule has 2 rings (SSSR count). The maximum absolute atomic E-state index is 14.8. The standard InChI is InChI=1S/C38H57N3O6/c1-13-38(11,12)41(33(43)29(23-25(2)3)40-35(45)47-37(8,9)10)31(28-21-19-26(4)20-22-28)32(42)39-30(34(44)46-36(5,6)7)24-27-17-15-14-16-18-27/h14-22,25,29-31H,13,23-24H2,1-12H3,(H,39,42)(H,40,45). The highest BCUT2D eigenvalue weighted by Gasteiger charge is 2.44. The number of carbonyl (C=O) groups excluding carboxylic acids is 4. The zero-order valence-corrected chi connectivity index (χ0v) is 30.5. The summed E-state index contributed by atoms with van der Waals surface area (Å²) in [7, 11) is 0. The van der Waals surface area contributed by atoms with E-state index in [1.807, 2.05) is 96.1 Å². The van der Waals surface area contributed by atoms with Gasteiger partial charge in [0.25, 0.3) is 0 Å². The van der Waals surface area contributed by atoms with E-state index in [1.165, 1.54) is 0 Å². The van der Waals surface area contributed by atoms with Crippen molar-refractivity contribution >= 4 is 23.9 Å². The number of carbonyl (C=O) groups is 4. The van der Waals surface area contributed by atoms with E-state index in [2.05, 4.69) is 10.6 Å². The third kappa shape index (κ3) is 12.7. The molecule has 2 aromatic carbocycles. The van der Waals surface area contributed by atoms with Gasteiger partial charge in [0.1, 0.15) is 29.3 Å². The Bertz CT molecular complexity index is 1340. The minimum absolute atomic E-state index is 0.0412. The number of hydrogen-bond donors (Lipinski definition) is 2. The smallest absolute Gasteiger partial charge is 0.408 e. The lowest BCUT2D eigenvalue weighted by molar-refractivity contribution is -0.159. The van der Waals surface area contributed by atoms with Gasteiger partial charge >= 0.3 is 12.1 Å². The number of ether oxygens (including phenoxy) is 2. The number of nitrogens with one attached hydrogen (secondary N) is 2. The summed E-state index contributed by atoms with van der Waals surface area (Å²) in [4.78, 5) is 57.5. The van der Waals surface area contributed by atoms with Gasteiger partial charge in [-0.25, -0.2) is 9.59 Å². The first-order valence-electron chi connectivity index (χ1n) is 16.6. The quantitative estimate of drug-likeness (QED) is 0.224. The lowest BCUT2D eigenvalue weighted by Crippen LogP contribution is -2.60. The van der Waals surface area contributed by atoms with Crippen LogP contribution in [0.1, 0.15) is 112 Å². The van der Waals surface area contributed by atoms with Crippen LogP contribution in [-0.2, 0) is 30.3 Å². The molecule has 9 heteroatoms. The van der Waals surface area contributed by atoms with Crippen LogP contribution >= 0.6 is 0 Å². The van der Waals surface area contributed by atoms with Crippen LogP contribution in [0.2, 0.25) is 0 Å². The van der Waals surface area contributed by atoms with Crippen LogP contribution in [0.4, 0.5) is 4.79 Å². The molecule has 47 heavy (non-hydrogen) atoms. The second-order valence-corrected chi connectivity index (χ2v) is 15.3. The molecule has 0 saturated heterocycles. The minimum atomic E-state index is -1.13. The third-order valence-electron chi connectivity index (χ3n) is 7.64. The van der Waals surface area contributed by atoms with Crippen LogP contribution in [0.15, 0.2) is 54.6 Å². The topological polar surface area (TPSA) is 114 Å². The fraction of sp³-hybridized carbons (Fsp3) is 0.579. The Morgan fingerprint density at radius 2 is 1.32 bits per heavy atom.